The summed E-state index contributed by atoms with van der Waals surface area (Å²) in [5, 5.41) is 1.28. The summed E-state index contributed by atoms with van der Waals surface area (Å²) in [5.41, 5.74) is 0. The average Bonchev–Trinajstić information content (AvgIpc) is 2.84. The van der Waals surface area contributed by atoms with Gasteiger partial charge in [0.1, 0.15) is 0 Å². The zero-order chi connectivity index (χ0) is 10.3. The summed E-state index contributed by atoms with van der Waals surface area (Å²) in [6, 6.07) is 4.02. The number of thiophene rings is 1. The zero-order valence-electron chi connectivity index (χ0n) is 8.69. The molecule has 1 saturated carbocycles. The van der Waals surface area contributed by atoms with Crippen LogP contribution in [0.5, 0.6) is 0 Å². The molecular weight excluding hydrogens is 206 g/mol. The maximum atomic E-state index is 10.6. The van der Waals surface area contributed by atoms with Gasteiger partial charge in [-0.15, -0.1) is 11.3 Å². The van der Waals surface area contributed by atoms with Crippen LogP contribution in [0, 0.1) is 11.8 Å². The van der Waals surface area contributed by atoms with Gasteiger partial charge >= 0.3 is 0 Å². The lowest BCUT2D eigenvalue weighted by Crippen LogP contribution is -2.18. The largest absolute Gasteiger partial charge is 0.363 e. The molecule has 15 heavy (non-hydrogen) atoms. The highest BCUT2D eigenvalue weighted by molar-refractivity contribution is 7.17. The minimum absolute atomic E-state index is 0.847. The second kappa shape index (κ2) is 3.63. The highest BCUT2D eigenvalue weighted by Gasteiger charge is 2.36. The van der Waals surface area contributed by atoms with E-state index in [0.29, 0.717) is 0 Å². The van der Waals surface area contributed by atoms with Crippen molar-refractivity contribution in [3.8, 4) is 0 Å². The van der Waals surface area contributed by atoms with Gasteiger partial charge in [0.2, 0.25) is 0 Å². The van der Waals surface area contributed by atoms with Crippen LogP contribution in [0.2, 0.25) is 0 Å². The first kappa shape index (κ1) is 9.40. The number of hydrogen-bond acceptors (Lipinski definition) is 3. The number of rotatable bonds is 3. The monoisotopic (exact) mass is 221 g/mol. The van der Waals surface area contributed by atoms with Crippen LogP contribution >= 0.6 is 11.3 Å². The number of carbonyl (C=O) groups is 1. The highest BCUT2D eigenvalue weighted by atomic mass is 32.1. The molecule has 1 aliphatic heterocycles. The Hall–Kier alpha value is -0.830. The lowest BCUT2D eigenvalue weighted by Gasteiger charge is -2.15. The lowest BCUT2D eigenvalue weighted by atomic mass is 10.0. The minimum atomic E-state index is 0.847. The van der Waals surface area contributed by atoms with Gasteiger partial charge in [0, 0.05) is 13.1 Å². The number of nitrogens with zero attached hydrogens (tertiary/aromatic N) is 1. The summed E-state index contributed by atoms with van der Waals surface area (Å²) in [4.78, 5) is 13.9. The molecule has 1 aromatic rings. The van der Waals surface area contributed by atoms with Crippen molar-refractivity contribution >= 4 is 22.6 Å². The predicted octanol–water partition coefficient (Wildman–Crippen LogP) is 2.80. The molecule has 2 aliphatic rings. The van der Waals surface area contributed by atoms with Crippen molar-refractivity contribution in [2.24, 2.45) is 11.8 Å². The SMILES string of the molecule is O=Cc1ccc(N2CCC(C3CC3)C2)s1. The molecular formula is C12H15NOS. The third-order valence-corrected chi connectivity index (χ3v) is 4.63. The van der Waals surface area contributed by atoms with Crippen LogP contribution in [0.25, 0.3) is 0 Å². The Kier molecular flexibility index (Phi) is 2.28. The van der Waals surface area contributed by atoms with Crippen molar-refractivity contribution in [3.63, 3.8) is 0 Å². The van der Waals surface area contributed by atoms with Gasteiger partial charge in [-0.3, -0.25) is 4.79 Å². The third kappa shape index (κ3) is 1.81. The third-order valence-electron chi connectivity index (χ3n) is 3.55. The molecule has 0 radical (unpaired) electrons. The summed E-state index contributed by atoms with van der Waals surface area (Å²) in [6.07, 6.45) is 5.19. The molecule has 1 aliphatic carbocycles. The van der Waals surface area contributed by atoms with Gasteiger partial charge in [-0.05, 0) is 43.2 Å². The Balaban J connectivity index is 1.69. The molecule has 2 heterocycles. The van der Waals surface area contributed by atoms with E-state index in [1.807, 2.05) is 6.07 Å². The van der Waals surface area contributed by atoms with Crippen molar-refractivity contribution in [2.75, 3.05) is 18.0 Å². The second-order valence-electron chi connectivity index (χ2n) is 4.63. The molecule has 0 spiro atoms. The fraction of sp³-hybridized carbons (Fsp3) is 0.583. The van der Waals surface area contributed by atoms with Crippen LogP contribution in [0.1, 0.15) is 28.9 Å². The van der Waals surface area contributed by atoms with E-state index in [2.05, 4.69) is 11.0 Å². The topological polar surface area (TPSA) is 20.3 Å². The van der Waals surface area contributed by atoms with E-state index >= 15 is 0 Å². The molecule has 2 nitrogen and oxygen atoms in total. The standard InChI is InChI=1S/C12H15NOS/c14-8-11-3-4-12(15-11)13-6-5-10(7-13)9-1-2-9/h3-4,8-10H,1-2,5-7H2. The molecule has 3 heteroatoms. The first-order valence-electron chi connectivity index (χ1n) is 5.67. The Bertz CT molecular complexity index is 369. The number of carbonyl (C=O) groups excluding carboxylic acids is 1. The summed E-state index contributed by atoms with van der Waals surface area (Å²) >= 11 is 1.62. The molecule has 2 fully saturated rings. The minimum Gasteiger partial charge on any atom is -0.363 e. The van der Waals surface area contributed by atoms with Crippen molar-refractivity contribution in [1.29, 1.82) is 0 Å². The maximum absolute atomic E-state index is 10.6. The number of anilines is 1. The quantitative estimate of drug-likeness (QED) is 0.731. The van der Waals surface area contributed by atoms with E-state index in [-0.39, 0.29) is 0 Å². The average molecular weight is 221 g/mol. The Morgan fingerprint density at radius 1 is 1.27 bits per heavy atom. The van der Waals surface area contributed by atoms with Gasteiger partial charge in [0.15, 0.2) is 6.29 Å². The maximum Gasteiger partial charge on any atom is 0.160 e. The molecule has 1 saturated heterocycles. The first-order chi connectivity index (χ1) is 7.36. The Labute approximate surface area is 93.9 Å². The van der Waals surface area contributed by atoms with Crippen molar-refractivity contribution in [2.45, 2.75) is 19.3 Å². The molecule has 1 unspecified atom stereocenters. The molecule has 0 aromatic carbocycles. The highest BCUT2D eigenvalue weighted by Crippen LogP contribution is 2.42. The Morgan fingerprint density at radius 2 is 2.13 bits per heavy atom. The normalized spacial score (nSPS) is 25.9. The van der Waals surface area contributed by atoms with Crippen LogP contribution in [-0.4, -0.2) is 19.4 Å². The van der Waals surface area contributed by atoms with E-state index in [4.69, 9.17) is 0 Å². The van der Waals surface area contributed by atoms with Crippen LogP contribution in [-0.2, 0) is 0 Å². The molecule has 1 atom stereocenters. The molecule has 3 rings (SSSR count). The van der Waals surface area contributed by atoms with Gasteiger partial charge < -0.3 is 4.90 Å². The van der Waals surface area contributed by atoms with Crippen LogP contribution in [0.15, 0.2) is 12.1 Å². The molecule has 80 valence electrons. The molecule has 0 N–H and O–H groups in total. The first-order valence-corrected chi connectivity index (χ1v) is 6.48. The molecule has 0 bridgehead atoms. The van der Waals surface area contributed by atoms with Gasteiger partial charge in [0.25, 0.3) is 0 Å². The van der Waals surface area contributed by atoms with E-state index in [9.17, 15) is 4.79 Å². The molecule has 1 aromatic heterocycles. The molecule has 0 amide bonds. The van der Waals surface area contributed by atoms with E-state index < -0.39 is 0 Å². The summed E-state index contributed by atoms with van der Waals surface area (Å²) in [7, 11) is 0. The van der Waals surface area contributed by atoms with Crippen molar-refractivity contribution in [3.05, 3.63) is 17.0 Å². The number of hydrogen-bond donors (Lipinski definition) is 0. The Morgan fingerprint density at radius 3 is 2.80 bits per heavy atom. The van der Waals surface area contributed by atoms with Crippen LogP contribution in [0.4, 0.5) is 5.00 Å². The van der Waals surface area contributed by atoms with E-state index in [1.165, 1.54) is 37.4 Å². The summed E-state index contributed by atoms with van der Waals surface area (Å²) < 4.78 is 0. The predicted molar refractivity (Wildman–Crippen MR) is 62.8 cm³/mol. The van der Waals surface area contributed by atoms with E-state index in [0.717, 1.165) is 23.0 Å². The lowest BCUT2D eigenvalue weighted by molar-refractivity contribution is 0.112. The summed E-state index contributed by atoms with van der Waals surface area (Å²) in [6.45, 7) is 2.39. The van der Waals surface area contributed by atoms with Gasteiger partial charge in [-0.25, -0.2) is 0 Å². The smallest absolute Gasteiger partial charge is 0.160 e. The van der Waals surface area contributed by atoms with Crippen molar-refractivity contribution in [1.82, 2.24) is 0 Å². The van der Waals surface area contributed by atoms with Crippen LogP contribution in [0.3, 0.4) is 0 Å². The van der Waals surface area contributed by atoms with Gasteiger partial charge in [-0.1, -0.05) is 0 Å². The van der Waals surface area contributed by atoms with Gasteiger partial charge in [0.05, 0.1) is 9.88 Å². The van der Waals surface area contributed by atoms with E-state index in [1.54, 1.807) is 11.3 Å². The van der Waals surface area contributed by atoms with Crippen molar-refractivity contribution < 1.29 is 4.79 Å². The fourth-order valence-corrected chi connectivity index (χ4v) is 3.37. The van der Waals surface area contributed by atoms with Gasteiger partial charge in [-0.2, -0.15) is 0 Å². The number of aldehydes is 1. The fourth-order valence-electron chi connectivity index (χ4n) is 2.52. The second-order valence-corrected chi connectivity index (χ2v) is 5.72. The van der Waals surface area contributed by atoms with Crippen LogP contribution < -0.4 is 4.90 Å². The zero-order valence-corrected chi connectivity index (χ0v) is 9.50. The summed E-state index contributed by atoms with van der Waals surface area (Å²) in [5.74, 6) is 1.94.